The molecule has 144 valence electrons. The van der Waals surface area contributed by atoms with Gasteiger partial charge in [0.2, 0.25) is 5.91 Å². The summed E-state index contributed by atoms with van der Waals surface area (Å²) in [5.74, 6) is 2.06. The van der Waals surface area contributed by atoms with E-state index in [-0.39, 0.29) is 5.91 Å². The van der Waals surface area contributed by atoms with E-state index < -0.39 is 0 Å². The van der Waals surface area contributed by atoms with Crippen molar-refractivity contribution < 1.29 is 4.79 Å². The standard InChI is InChI=1S/C19H25N5OS2/c1-20-18(21-9-3-12-26-19-22-10-13-27-19)23-14-15-5-7-16(8-6-15)24-11-2-4-17(24)25/h5-8,10,13H,2-4,9,11-12,14H2,1H3,(H2,20,21,23). The smallest absolute Gasteiger partial charge is 0.227 e. The average molecular weight is 404 g/mol. The van der Waals surface area contributed by atoms with Crippen LogP contribution in [0.4, 0.5) is 5.69 Å². The molecule has 6 nitrogen and oxygen atoms in total. The zero-order valence-corrected chi connectivity index (χ0v) is 17.1. The van der Waals surface area contributed by atoms with Crippen LogP contribution in [0.2, 0.25) is 0 Å². The molecule has 1 saturated heterocycles. The highest BCUT2D eigenvalue weighted by molar-refractivity contribution is 8.00. The van der Waals surface area contributed by atoms with Crippen LogP contribution in [-0.4, -0.2) is 42.7 Å². The molecule has 1 amide bonds. The van der Waals surface area contributed by atoms with Gasteiger partial charge >= 0.3 is 0 Å². The number of thioether (sulfide) groups is 1. The predicted molar refractivity (Wildman–Crippen MR) is 114 cm³/mol. The number of aliphatic imine (C=N–C) groups is 1. The fraction of sp³-hybridized carbons (Fsp3) is 0.421. The molecule has 8 heteroatoms. The van der Waals surface area contributed by atoms with Crippen LogP contribution >= 0.6 is 23.1 Å². The topological polar surface area (TPSA) is 69.6 Å². The predicted octanol–water partition coefficient (Wildman–Crippen LogP) is 3.12. The highest BCUT2D eigenvalue weighted by Crippen LogP contribution is 2.22. The highest BCUT2D eigenvalue weighted by Gasteiger charge is 2.21. The molecular formula is C19H25N5OS2. The number of aromatic nitrogens is 1. The number of nitrogens with zero attached hydrogens (tertiary/aromatic N) is 3. The van der Waals surface area contributed by atoms with Gasteiger partial charge in [0, 0.05) is 56.1 Å². The van der Waals surface area contributed by atoms with Gasteiger partial charge in [-0.25, -0.2) is 4.98 Å². The highest BCUT2D eigenvalue weighted by atomic mass is 32.2. The molecule has 0 spiro atoms. The number of guanidine groups is 1. The van der Waals surface area contributed by atoms with Crippen LogP contribution in [0.25, 0.3) is 0 Å². The van der Waals surface area contributed by atoms with Gasteiger partial charge in [-0.05, 0) is 30.5 Å². The molecule has 1 aromatic heterocycles. The Morgan fingerprint density at radius 1 is 1.33 bits per heavy atom. The van der Waals surface area contributed by atoms with Crippen LogP contribution in [0.5, 0.6) is 0 Å². The van der Waals surface area contributed by atoms with Crippen molar-refractivity contribution >= 4 is 40.7 Å². The Labute approximate surface area is 168 Å². The van der Waals surface area contributed by atoms with Gasteiger partial charge in [-0.3, -0.25) is 9.79 Å². The van der Waals surface area contributed by atoms with E-state index in [9.17, 15) is 4.79 Å². The molecule has 2 aromatic rings. The molecule has 0 atom stereocenters. The third-order valence-corrected chi connectivity index (χ3v) is 6.31. The molecule has 0 unspecified atom stereocenters. The van der Waals surface area contributed by atoms with Crippen LogP contribution in [0.1, 0.15) is 24.8 Å². The third-order valence-electron chi connectivity index (χ3n) is 4.25. The van der Waals surface area contributed by atoms with E-state index in [1.165, 1.54) is 0 Å². The molecule has 27 heavy (non-hydrogen) atoms. The van der Waals surface area contributed by atoms with Gasteiger partial charge in [0.1, 0.15) is 4.34 Å². The summed E-state index contributed by atoms with van der Waals surface area (Å²) in [5.41, 5.74) is 2.15. The first-order chi connectivity index (χ1) is 13.3. The Kier molecular flexibility index (Phi) is 7.53. The minimum Gasteiger partial charge on any atom is -0.356 e. The number of carbonyl (C=O) groups excluding carboxylic acids is 1. The van der Waals surface area contributed by atoms with E-state index in [0.29, 0.717) is 13.0 Å². The summed E-state index contributed by atoms with van der Waals surface area (Å²) >= 11 is 3.47. The number of anilines is 1. The molecule has 0 saturated carbocycles. The molecule has 3 rings (SSSR count). The maximum atomic E-state index is 11.8. The molecule has 0 bridgehead atoms. The number of amides is 1. The first kappa shape index (κ1) is 19.7. The first-order valence-electron chi connectivity index (χ1n) is 9.12. The molecule has 0 radical (unpaired) electrons. The van der Waals surface area contributed by atoms with E-state index in [1.54, 1.807) is 30.1 Å². The van der Waals surface area contributed by atoms with E-state index in [0.717, 1.165) is 53.2 Å². The number of hydrogen-bond acceptors (Lipinski definition) is 5. The van der Waals surface area contributed by atoms with Crippen molar-refractivity contribution in [1.29, 1.82) is 0 Å². The number of thiazole rings is 1. The lowest BCUT2D eigenvalue weighted by Crippen LogP contribution is -2.37. The Hall–Kier alpha value is -2.06. The Bertz CT molecular complexity index is 746. The van der Waals surface area contributed by atoms with Crippen molar-refractivity contribution in [2.75, 3.05) is 30.8 Å². The average Bonchev–Trinajstić information content (AvgIpc) is 3.36. The van der Waals surface area contributed by atoms with E-state index in [1.807, 2.05) is 28.6 Å². The van der Waals surface area contributed by atoms with Crippen molar-refractivity contribution in [3.05, 3.63) is 41.4 Å². The summed E-state index contributed by atoms with van der Waals surface area (Å²) in [5, 5.41) is 8.67. The van der Waals surface area contributed by atoms with Crippen molar-refractivity contribution in [2.45, 2.75) is 30.1 Å². The molecule has 1 aliphatic rings. The second-order valence-electron chi connectivity index (χ2n) is 6.17. The fourth-order valence-electron chi connectivity index (χ4n) is 2.84. The Morgan fingerprint density at radius 3 is 2.85 bits per heavy atom. The van der Waals surface area contributed by atoms with Crippen molar-refractivity contribution in [3.63, 3.8) is 0 Å². The zero-order valence-electron chi connectivity index (χ0n) is 15.5. The molecule has 1 aromatic carbocycles. The maximum Gasteiger partial charge on any atom is 0.227 e. The van der Waals surface area contributed by atoms with Crippen molar-refractivity contribution in [2.24, 2.45) is 4.99 Å². The minimum absolute atomic E-state index is 0.221. The lowest BCUT2D eigenvalue weighted by atomic mass is 10.2. The maximum absolute atomic E-state index is 11.8. The molecular weight excluding hydrogens is 378 g/mol. The fourth-order valence-corrected chi connectivity index (χ4v) is 4.49. The summed E-state index contributed by atoms with van der Waals surface area (Å²) in [6.07, 6.45) is 4.50. The second kappa shape index (κ2) is 10.3. The number of carbonyl (C=O) groups is 1. The van der Waals surface area contributed by atoms with Gasteiger partial charge in [-0.2, -0.15) is 0 Å². The summed E-state index contributed by atoms with van der Waals surface area (Å²) in [7, 11) is 1.78. The molecule has 2 N–H and O–H groups in total. The summed E-state index contributed by atoms with van der Waals surface area (Å²) in [4.78, 5) is 22.2. The number of benzene rings is 1. The zero-order chi connectivity index (χ0) is 18.9. The second-order valence-corrected chi connectivity index (χ2v) is 8.40. The van der Waals surface area contributed by atoms with Gasteiger partial charge in [0.05, 0.1) is 0 Å². The normalized spacial score (nSPS) is 14.6. The van der Waals surface area contributed by atoms with E-state index in [4.69, 9.17) is 0 Å². The monoisotopic (exact) mass is 403 g/mol. The molecule has 0 aliphatic carbocycles. The van der Waals surface area contributed by atoms with E-state index in [2.05, 4.69) is 32.7 Å². The van der Waals surface area contributed by atoms with Crippen LogP contribution in [0.15, 0.2) is 45.2 Å². The Morgan fingerprint density at radius 2 is 2.19 bits per heavy atom. The van der Waals surface area contributed by atoms with Crippen molar-refractivity contribution in [3.8, 4) is 0 Å². The first-order valence-corrected chi connectivity index (χ1v) is 11.0. The summed E-state index contributed by atoms with van der Waals surface area (Å²) in [6.45, 7) is 2.39. The third kappa shape index (κ3) is 5.97. The largest absolute Gasteiger partial charge is 0.356 e. The van der Waals surface area contributed by atoms with Gasteiger partial charge < -0.3 is 15.5 Å². The Balaban J connectivity index is 1.36. The summed E-state index contributed by atoms with van der Waals surface area (Å²) < 4.78 is 1.12. The number of rotatable bonds is 8. The minimum atomic E-state index is 0.221. The molecule has 1 aliphatic heterocycles. The van der Waals surface area contributed by atoms with Gasteiger partial charge in [0.15, 0.2) is 5.96 Å². The molecule has 2 heterocycles. The lowest BCUT2D eigenvalue weighted by molar-refractivity contribution is -0.117. The summed E-state index contributed by atoms with van der Waals surface area (Å²) in [6, 6.07) is 8.16. The van der Waals surface area contributed by atoms with Gasteiger partial charge in [-0.1, -0.05) is 23.9 Å². The quantitative estimate of drug-likeness (QED) is 0.307. The lowest BCUT2D eigenvalue weighted by Gasteiger charge is -2.16. The number of hydrogen-bond donors (Lipinski definition) is 2. The number of nitrogens with one attached hydrogen (secondary N) is 2. The van der Waals surface area contributed by atoms with Gasteiger partial charge in [0.25, 0.3) is 0 Å². The van der Waals surface area contributed by atoms with Crippen LogP contribution in [-0.2, 0) is 11.3 Å². The van der Waals surface area contributed by atoms with Crippen LogP contribution < -0.4 is 15.5 Å². The van der Waals surface area contributed by atoms with Crippen LogP contribution in [0.3, 0.4) is 0 Å². The SMILES string of the molecule is CN=C(NCCCSc1nccs1)NCc1ccc(N2CCCC2=O)cc1. The van der Waals surface area contributed by atoms with Gasteiger partial charge in [-0.15, -0.1) is 11.3 Å². The van der Waals surface area contributed by atoms with Crippen molar-refractivity contribution in [1.82, 2.24) is 15.6 Å². The molecule has 1 fully saturated rings. The van der Waals surface area contributed by atoms with Crippen LogP contribution in [0, 0.1) is 0 Å². The van der Waals surface area contributed by atoms with E-state index >= 15 is 0 Å².